The number of carbonyl (C=O) groups excluding carboxylic acids is 1. The van der Waals surface area contributed by atoms with E-state index in [1.54, 1.807) is 30.0 Å². The Morgan fingerprint density at radius 1 is 1.17 bits per heavy atom. The minimum Gasteiger partial charge on any atom is -0.467 e. The number of aromatic nitrogens is 6. The number of nitrogens with zero attached hydrogens (tertiary/aromatic N) is 6. The summed E-state index contributed by atoms with van der Waals surface area (Å²) in [6.07, 6.45) is 4.64. The van der Waals surface area contributed by atoms with E-state index in [0.717, 1.165) is 23.9 Å². The van der Waals surface area contributed by atoms with Crippen molar-refractivity contribution < 1.29 is 9.21 Å². The van der Waals surface area contributed by atoms with E-state index in [1.807, 2.05) is 28.8 Å². The van der Waals surface area contributed by atoms with Crippen LogP contribution in [-0.2, 0) is 13.6 Å². The molecule has 5 aromatic rings. The van der Waals surface area contributed by atoms with Gasteiger partial charge in [-0.15, -0.1) is 0 Å². The van der Waals surface area contributed by atoms with Crippen LogP contribution in [0.4, 0.5) is 5.82 Å². The first-order valence-electron chi connectivity index (χ1n) is 11.5. The maximum atomic E-state index is 12.8. The maximum absolute atomic E-state index is 12.8. The number of piperidine rings is 1. The highest BCUT2D eigenvalue weighted by atomic mass is 16.3. The molecule has 1 amide bonds. The molecule has 0 spiro atoms. The minimum atomic E-state index is -0.315. The van der Waals surface area contributed by atoms with Crippen molar-refractivity contribution in [3.05, 3.63) is 71.1 Å². The van der Waals surface area contributed by atoms with Gasteiger partial charge in [0.1, 0.15) is 12.1 Å². The van der Waals surface area contributed by atoms with Gasteiger partial charge in [-0.1, -0.05) is 12.1 Å². The molecule has 0 radical (unpaired) electrons. The van der Waals surface area contributed by atoms with Crippen LogP contribution in [0.1, 0.15) is 35.3 Å². The van der Waals surface area contributed by atoms with Gasteiger partial charge in [0.15, 0.2) is 17.0 Å². The number of furan rings is 1. The smallest absolute Gasteiger partial charge is 0.326 e. The van der Waals surface area contributed by atoms with E-state index in [2.05, 4.69) is 30.2 Å². The van der Waals surface area contributed by atoms with Crippen LogP contribution in [0.25, 0.3) is 22.2 Å². The number of hydrogen-bond donors (Lipinski definition) is 2. The summed E-state index contributed by atoms with van der Waals surface area (Å²) in [6.45, 7) is 1.69. The molecule has 35 heavy (non-hydrogen) atoms. The number of hydrogen-bond acceptors (Lipinski definition) is 7. The number of fused-ring (bicyclic) bond motifs is 2. The molecule has 2 N–H and O–H groups in total. The lowest BCUT2D eigenvalue weighted by atomic mass is 10.0. The van der Waals surface area contributed by atoms with Gasteiger partial charge in [-0.05, 0) is 37.1 Å². The van der Waals surface area contributed by atoms with E-state index in [4.69, 9.17) is 4.42 Å². The summed E-state index contributed by atoms with van der Waals surface area (Å²) in [5, 5.41) is 2.83. The van der Waals surface area contributed by atoms with Gasteiger partial charge in [-0.3, -0.25) is 9.36 Å². The summed E-state index contributed by atoms with van der Waals surface area (Å²) >= 11 is 0. The van der Waals surface area contributed by atoms with Crippen LogP contribution in [0.3, 0.4) is 0 Å². The Labute approximate surface area is 199 Å². The third-order valence-corrected chi connectivity index (χ3v) is 6.60. The molecule has 1 fully saturated rings. The number of aryl methyl sites for hydroxylation is 1. The van der Waals surface area contributed by atoms with Gasteiger partial charge in [0.05, 0.1) is 23.8 Å². The molecular weight excluding hydrogens is 448 g/mol. The topological polar surface area (TPSA) is 127 Å². The normalized spacial score (nSPS) is 14.7. The van der Waals surface area contributed by atoms with Crippen LogP contribution < -0.4 is 15.9 Å². The van der Waals surface area contributed by atoms with Crippen LogP contribution in [-0.4, -0.2) is 48.1 Å². The van der Waals surface area contributed by atoms with Crippen LogP contribution in [0.5, 0.6) is 0 Å². The molecule has 0 saturated carbocycles. The summed E-state index contributed by atoms with van der Waals surface area (Å²) in [5.74, 6) is 1.30. The van der Waals surface area contributed by atoms with Crippen molar-refractivity contribution >= 4 is 33.9 Å². The highest BCUT2D eigenvalue weighted by Crippen LogP contribution is 2.30. The molecule has 1 aromatic carbocycles. The summed E-state index contributed by atoms with van der Waals surface area (Å²) in [7, 11) is 1.77. The molecule has 5 heterocycles. The molecule has 0 bridgehead atoms. The molecule has 11 heteroatoms. The quantitative estimate of drug-likeness (QED) is 0.402. The summed E-state index contributed by atoms with van der Waals surface area (Å²) < 4.78 is 8.82. The molecular formula is C24H24N8O3. The van der Waals surface area contributed by atoms with Crippen molar-refractivity contribution in [1.29, 1.82) is 0 Å². The Hall–Kier alpha value is -4.41. The number of H-pyrrole nitrogens is 1. The molecule has 1 aliphatic heterocycles. The minimum absolute atomic E-state index is 0.0796. The van der Waals surface area contributed by atoms with Gasteiger partial charge < -0.3 is 24.2 Å². The van der Waals surface area contributed by atoms with E-state index >= 15 is 0 Å². The van der Waals surface area contributed by atoms with Gasteiger partial charge in [-0.2, -0.15) is 0 Å². The van der Waals surface area contributed by atoms with E-state index < -0.39 is 0 Å². The van der Waals surface area contributed by atoms with E-state index in [-0.39, 0.29) is 30.0 Å². The van der Waals surface area contributed by atoms with Crippen LogP contribution >= 0.6 is 0 Å². The van der Waals surface area contributed by atoms with Crippen LogP contribution in [0.2, 0.25) is 0 Å². The fraction of sp³-hybridized carbons (Fsp3) is 0.292. The molecule has 0 aliphatic carbocycles. The summed E-state index contributed by atoms with van der Waals surface area (Å²) in [5.41, 5.74) is 2.87. The number of aromatic amines is 1. The van der Waals surface area contributed by atoms with Gasteiger partial charge in [-0.25, -0.2) is 19.7 Å². The highest BCUT2D eigenvalue weighted by molar-refractivity contribution is 5.96. The van der Waals surface area contributed by atoms with E-state index in [9.17, 15) is 9.59 Å². The highest BCUT2D eigenvalue weighted by Gasteiger charge is 2.27. The monoisotopic (exact) mass is 472 g/mol. The molecule has 1 aliphatic rings. The van der Waals surface area contributed by atoms with Crippen molar-refractivity contribution in [2.45, 2.75) is 25.4 Å². The number of carbonyl (C=O) groups is 1. The average Bonchev–Trinajstić information content (AvgIpc) is 3.60. The molecule has 1 saturated heterocycles. The number of imidazole rings is 2. The molecule has 178 valence electrons. The van der Waals surface area contributed by atoms with E-state index in [0.29, 0.717) is 35.8 Å². The molecule has 0 unspecified atom stereocenters. The SMILES string of the molecule is Cn1c(C(=O)NCc2ccco2)nc2c(N3CCC(n4c(=O)[nH]c5ccccc54)CC3)ncnc21. The van der Waals surface area contributed by atoms with Crippen molar-refractivity contribution in [2.24, 2.45) is 7.05 Å². The summed E-state index contributed by atoms with van der Waals surface area (Å²) in [4.78, 5) is 44.0. The number of nitrogens with one attached hydrogen (secondary N) is 2. The molecule has 4 aromatic heterocycles. The average molecular weight is 473 g/mol. The number of anilines is 1. The second-order valence-electron chi connectivity index (χ2n) is 8.66. The van der Waals surface area contributed by atoms with Crippen molar-refractivity contribution in [3.8, 4) is 0 Å². The first-order chi connectivity index (χ1) is 17.1. The lowest BCUT2D eigenvalue weighted by Crippen LogP contribution is -2.37. The van der Waals surface area contributed by atoms with Crippen molar-refractivity contribution in [3.63, 3.8) is 0 Å². The first-order valence-corrected chi connectivity index (χ1v) is 11.5. The second-order valence-corrected chi connectivity index (χ2v) is 8.66. The number of benzene rings is 1. The Morgan fingerprint density at radius 2 is 2.00 bits per heavy atom. The Balaban J connectivity index is 1.23. The first kappa shape index (κ1) is 21.1. The lowest BCUT2D eigenvalue weighted by Gasteiger charge is -2.33. The maximum Gasteiger partial charge on any atom is 0.326 e. The number of para-hydroxylation sites is 2. The van der Waals surface area contributed by atoms with Crippen LogP contribution in [0, 0.1) is 0 Å². The third-order valence-electron chi connectivity index (χ3n) is 6.60. The molecule has 6 rings (SSSR count). The van der Waals surface area contributed by atoms with Crippen molar-refractivity contribution in [1.82, 2.24) is 34.4 Å². The number of rotatable bonds is 5. The second kappa shape index (κ2) is 8.42. The zero-order chi connectivity index (χ0) is 23.9. The Kier molecular flexibility index (Phi) is 5.09. The zero-order valence-electron chi connectivity index (χ0n) is 19.1. The van der Waals surface area contributed by atoms with E-state index in [1.165, 1.54) is 6.33 Å². The summed E-state index contributed by atoms with van der Waals surface area (Å²) in [6, 6.07) is 11.4. The largest absolute Gasteiger partial charge is 0.467 e. The van der Waals surface area contributed by atoms with Gasteiger partial charge in [0.25, 0.3) is 5.91 Å². The number of amides is 1. The van der Waals surface area contributed by atoms with Gasteiger partial charge in [0.2, 0.25) is 5.82 Å². The lowest BCUT2D eigenvalue weighted by molar-refractivity contribution is 0.0935. The fourth-order valence-corrected chi connectivity index (χ4v) is 4.85. The predicted octanol–water partition coefficient (Wildman–Crippen LogP) is 2.37. The molecule has 11 nitrogen and oxygen atoms in total. The fourth-order valence-electron chi connectivity index (χ4n) is 4.85. The zero-order valence-corrected chi connectivity index (χ0v) is 19.1. The predicted molar refractivity (Wildman–Crippen MR) is 129 cm³/mol. The molecule has 0 atom stereocenters. The van der Waals surface area contributed by atoms with Gasteiger partial charge >= 0.3 is 5.69 Å². The van der Waals surface area contributed by atoms with Crippen LogP contribution in [0.15, 0.2) is 58.2 Å². The third kappa shape index (κ3) is 3.65. The Bertz CT molecular complexity index is 1570. The van der Waals surface area contributed by atoms with Gasteiger partial charge in [0, 0.05) is 26.2 Å². The Morgan fingerprint density at radius 3 is 2.80 bits per heavy atom. The standard InChI is InChI=1S/C24H24N8O3/c1-30-20-19(29-22(30)23(33)25-13-16-5-4-12-35-16)21(27-14-26-20)31-10-8-15(9-11-31)32-18-7-3-2-6-17(18)28-24(32)34/h2-7,12,14-15H,8-11,13H2,1H3,(H,25,33)(H,28,34). The van der Waals surface area contributed by atoms with Crippen molar-refractivity contribution in [2.75, 3.05) is 18.0 Å².